The largest absolute Gasteiger partial charge is 0.496 e. The molecule has 1 heterocycles. The fourth-order valence-corrected chi connectivity index (χ4v) is 2.71. The van der Waals surface area contributed by atoms with Crippen molar-refractivity contribution in [2.45, 2.75) is 32.5 Å². The highest BCUT2D eigenvalue weighted by molar-refractivity contribution is 5.38. The second-order valence-corrected chi connectivity index (χ2v) is 5.92. The Balaban J connectivity index is 2.13. The SMILES string of the molecule is COc1ccc(C(C)N)cc1CN1CCN(C)C(C)C1. The van der Waals surface area contributed by atoms with Crippen LogP contribution in [0.25, 0.3) is 0 Å². The Hall–Kier alpha value is -1.10. The van der Waals surface area contributed by atoms with E-state index in [1.54, 1.807) is 7.11 Å². The van der Waals surface area contributed by atoms with E-state index in [9.17, 15) is 0 Å². The minimum Gasteiger partial charge on any atom is -0.496 e. The fraction of sp³-hybridized carbons (Fsp3) is 0.625. The van der Waals surface area contributed by atoms with Gasteiger partial charge in [0.05, 0.1) is 7.11 Å². The summed E-state index contributed by atoms with van der Waals surface area (Å²) in [7, 11) is 3.93. The van der Waals surface area contributed by atoms with Gasteiger partial charge in [0.1, 0.15) is 5.75 Å². The summed E-state index contributed by atoms with van der Waals surface area (Å²) in [5.41, 5.74) is 8.39. The predicted molar refractivity (Wildman–Crippen MR) is 83.0 cm³/mol. The van der Waals surface area contributed by atoms with E-state index in [-0.39, 0.29) is 6.04 Å². The van der Waals surface area contributed by atoms with Crippen molar-refractivity contribution < 1.29 is 4.74 Å². The van der Waals surface area contributed by atoms with Crippen molar-refractivity contribution in [1.82, 2.24) is 9.80 Å². The molecule has 0 aliphatic carbocycles. The topological polar surface area (TPSA) is 41.7 Å². The molecule has 1 aliphatic heterocycles. The van der Waals surface area contributed by atoms with Crippen LogP contribution < -0.4 is 10.5 Å². The molecule has 0 bridgehead atoms. The van der Waals surface area contributed by atoms with E-state index in [0.29, 0.717) is 6.04 Å². The minimum atomic E-state index is 0.0612. The van der Waals surface area contributed by atoms with Gasteiger partial charge in [-0.1, -0.05) is 6.07 Å². The Morgan fingerprint density at radius 2 is 2.15 bits per heavy atom. The highest BCUT2D eigenvalue weighted by Crippen LogP contribution is 2.24. The van der Waals surface area contributed by atoms with Crippen LogP contribution in [0.4, 0.5) is 0 Å². The third kappa shape index (κ3) is 3.51. The summed E-state index contributed by atoms with van der Waals surface area (Å²) >= 11 is 0. The van der Waals surface area contributed by atoms with E-state index in [0.717, 1.165) is 31.9 Å². The quantitative estimate of drug-likeness (QED) is 0.912. The van der Waals surface area contributed by atoms with Gasteiger partial charge < -0.3 is 15.4 Å². The molecule has 2 N–H and O–H groups in total. The van der Waals surface area contributed by atoms with Gasteiger partial charge in [0.15, 0.2) is 0 Å². The number of nitrogens with zero attached hydrogens (tertiary/aromatic N) is 2. The highest BCUT2D eigenvalue weighted by Gasteiger charge is 2.21. The minimum absolute atomic E-state index is 0.0612. The Bertz CT molecular complexity index is 447. The van der Waals surface area contributed by atoms with Crippen molar-refractivity contribution in [1.29, 1.82) is 0 Å². The van der Waals surface area contributed by atoms with Gasteiger partial charge in [-0.15, -0.1) is 0 Å². The van der Waals surface area contributed by atoms with Crippen LogP contribution in [-0.4, -0.2) is 49.6 Å². The number of piperazine rings is 1. The van der Waals surface area contributed by atoms with Crippen LogP contribution in [-0.2, 0) is 6.54 Å². The number of hydrogen-bond acceptors (Lipinski definition) is 4. The van der Waals surface area contributed by atoms with Gasteiger partial charge in [-0.25, -0.2) is 0 Å². The second kappa shape index (κ2) is 6.57. The molecule has 0 aromatic heterocycles. The fourth-order valence-electron chi connectivity index (χ4n) is 2.71. The molecular weight excluding hydrogens is 250 g/mol. The number of methoxy groups -OCH3 is 1. The van der Waals surface area contributed by atoms with Gasteiger partial charge in [0, 0.05) is 43.8 Å². The van der Waals surface area contributed by atoms with Gasteiger partial charge in [0.25, 0.3) is 0 Å². The van der Waals surface area contributed by atoms with Crippen LogP contribution in [0, 0.1) is 0 Å². The smallest absolute Gasteiger partial charge is 0.123 e. The van der Waals surface area contributed by atoms with Crippen molar-refractivity contribution in [2.24, 2.45) is 5.73 Å². The summed E-state index contributed by atoms with van der Waals surface area (Å²) in [4.78, 5) is 4.90. The number of nitrogens with two attached hydrogens (primary N) is 1. The molecule has 1 aromatic rings. The van der Waals surface area contributed by atoms with Crippen molar-refractivity contribution >= 4 is 0 Å². The zero-order valence-electron chi connectivity index (χ0n) is 13.1. The molecule has 1 aliphatic rings. The van der Waals surface area contributed by atoms with Gasteiger partial charge in [-0.2, -0.15) is 0 Å². The van der Waals surface area contributed by atoms with E-state index >= 15 is 0 Å². The summed E-state index contributed by atoms with van der Waals surface area (Å²) in [6.45, 7) is 8.55. The van der Waals surface area contributed by atoms with E-state index in [4.69, 9.17) is 10.5 Å². The summed E-state index contributed by atoms with van der Waals surface area (Å²) in [6.07, 6.45) is 0. The van der Waals surface area contributed by atoms with Gasteiger partial charge in [-0.3, -0.25) is 4.90 Å². The van der Waals surface area contributed by atoms with E-state index < -0.39 is 0 Å². The molecule has 2 rings (SSSR count). The average molecular weight is 277 g/mol. The number of benzene rings is 1. The highest BCUT2D eigenvalue weighted by atomic mass is 16.5. The van der Waals surface area contributed by atoms with Gasteiger partial charge >= 0.3 is 0 Å². The third-order valence-corrected chi connectivity index (χ3v) is 4.27. The Morgan fingerprint density at radius 3 is 2.75 bits per heavy atom. The van der Waals surface area contributed by atoms with Gasteiger partial charge in [0.2, 0.25) is 0 Å². The summed E-state index contributed by atoms with van der Waals surface area (Å²) < 4.78 is 5.49. The van der Waals surface area contributed by atoms with E-state index in [2.05, 4.69) is 35.9 Å². The van der Waals surface area contributed by atoms with E-state index in [1.165, 1.54) is 11.1 Å². The number of likely N-dealkylation sites (N-methyl/N-ethyl adjacent to an activating group) is 1. The normalized spacial score (nSPS) is 22.8. The molecule has 0 saturated carbocycles. The van der Waals surface area contributed by atoms with Crippen molar-refractivity contribution in [3.05, 3.63) is 29.3 Å². The lowest BCUT2D eigenvalue weighted by molar-refractivity contribution is 0.0993. The Labute approximate surface area is 122 Å². The molecular formula is C16H27N3O. The molecule has 2 atom stereocenters. The standard InChI is InChI=1S/C16H27N3O/c1-12-10-19(8-7-18(12)3)11-15-9-14(13(2)17)5-6-16(15)20-4/h5-6,9,12-13H,7-8,10-11,17H2,1-4H3. The molecule has 1 saturated heterocycles. The maximum absolute atomic E-state index is 5.99. The number of rotatable bonds is 4. The first-order valence-corrected chi connectivity index (χ1v) is 7.36. The zero-order valence-corrected chi connectivity index (χ0v) is 13.1. The van der Waals surface area contributed by atoms with Crippen molar-refractivity contribution in [2.75, 3.05) is 33.8 Å². The molecule has 20 heavy (non-hydrogen) atoms. The molecule has 2 unspecified atom stereocenters. The Kier molecular flexibility index (Phi) is 5.02. The molecule has 0 amide bonds. The van der Waals surface area contributed by atoms with Crippen LogP contribution in [0.15, 0.2) is 18.2 Å². The molecule has 0 radical (unpaired) electrons. The predicted octanol–water partition coefficient (Wildman–Crippen LogP) is 1.85. The van der Waals surface area contributed by atoms with Gasteiger partial charge in [-0.05, 0) is 38.6 Å². The van der Waals surface area contributed by atoms with Crippen LogP contribution in [0.5, 0.6) is 5.75 Å². The number of ether oxygens (including phenoxy) is 1. The molecule has 4 heteroatoms. The first-order chi connectivity index (χ1) is 9.51. The van der Waals surface area contributed by atoms with Crippen LogP contribution >= 0.6 is 0 Å². The maximum atomic E-state index is 5.99. The monoisotopic (exact) mass is 277 g/mol. The summed E-state index contributed by atoms with van der Waals surface area (Å²) in [5.74, 6) is 0.959. The third-order valence-electron chi connectivity index (χ3n) is 4.27. The van der Waals surface area contributed by atoms with Crippen molar-refractivity contribution in [3.63, 3.8) is 0 Å². The summed E-state index contributed by atoms with van der Waals surface area (Å²) in [6, 6.07) is 6.94. The van der Waals surface area contributed by atoms with E-state index in [1.807, 2.05) is 13.0 Å². The molecule has 1 fully saturated rings. The molecule has 4 nitrogen and oxygen atoms in total. The lowest BCUT2D eigenvalue weighted by atomic mass is 10.0. The average Bonchev–Trinajstić information content (AvgIpc) is 2.42. The summed E-state index contributed by atoms with van der Waals surface area (Å²) in [5, 5.41) is 0. The Morgan fingerprint density at radius 1 is 1.40 bits per heavy atom. The first-order valence-electron chi connectivity index (χ1n) is 7.36. The second-order valence-electron chi connectivity index (χ2n) is 5.92. The zero-order chi connectivity index (χ0) is 14.7. The van der Waals surface area contributed by atoms with Crippen molar-refractivity contribution in [3.8, 4) is 5.75 Å². The van der Waals surface area contributed by atoms with Crippen LogP contribution in [0.3, 0.4) is 0 Å². The lowest BCUT2D eigenvalue weighted by Gasteiger charge is -2.37. The molecule has 1 aromatic carbocycles. The van der Waals surface area contributed by atoms with Crippen LogP contribution in [0.1, 0.15) is 31.0 Å². The molecule has 0 spiro atoms. The number of hydrogen-bond donors (Lipinski definition) is 1. The maximum Gasteiger partial charge on any atom is 0.123 e. The molecule has 112 valence electrons. The van der Waals surface area contributed by atoms with Crippen LogP contribution in [0.2, 0.25) is 0 Å². The first kappa shape index (κ1) is 15.3. The lowest BCUT2D eigenvalue weighted by Crippen LogP contribution is -2.49.